The highest BCUT2D eigenvalue weighted by Gasteiger charge is 2.32. The lowest BCUT2D eigenvalue weighted by atomic mass is 9.96. The molecule has 1 fully saturated rings. The number of hydrogen-bond acceptors (Lipinski definition) is 1. The number of aliphatic hydroxyl groups is 1. The lowest BCUT2D eigenvalue weighted by Crippen LogP contribution is -3.28. The second-order valence-electron chi connectivity index (χ2n) is 7.93. The largest absolute Gasteiger partial charge is 1.00 e. The summed E-state index contributed by atoms with van der Waals surface area (Å²) in [5.41, 5.74) is 3.49. The number of quaternary nitrogens is 2. The van der Waals surface area contributed by atoms with Gasteiger partial charge in [0.15, 0.2) is 0 Å². The number of benzene rings is 3. The number of hydrogen-bond donors (Lipinski definition) is 3. The molecule has 3 aromatic rings. The molecule has 0 amide bonds. The van der Waals surface area contributed by atoms with Gasteiger partial charge in [-0.3, -0.25) is 0 Å². The number of nitrogens with one attached hydrogen (secondary N) is 2. The zero-order valence-electron chi connectivity index (χ0n) is 17.4. The zero-order valence-corrected chi connectivity index (χ0v) is 18.9. The van der Waals surface area contributed by atoms with Gasteiger partial charge in [-0.15, -0.1) is 0 Å². The van der Waals surface area contributed by atoms with E-state index in [1.54, 1.807) is 17.0 Å². The van der Waals surface area contributed by atoms with Crippen LogP contribution in [-0.4, -0.2) is 37.8 Å². The number of piperazine rings is 1. The third kappa shape index (κ3) is 6.52. The van der Waals surface area contributed by atoms with E-state index in [-0.39, 0.29) is 30.6 Å². The Morgan fingerprint density at radius 3 is 1.65 bits per heavy atom. The van der Waals surface area contributed by atoms with Crippen molar-refractivity contribution in [1.29, 1.82) is 0 Å². The average molecular weight is 463 g/mol. The monoisotopic (exact) mass is 462 g/mol. The minimum atomic E-state index is -0.550. The fourth-order valence-corrected chi connectivity index (χ4v) is 4.45. The molecule has 4 rings (SSSR count). The Labute approximate surface area is 196 Å². The fourth-order valence-electron chi connectivity index (χ4n) is 4.45. The molecule has 3 nitrogen and oxygen atoms in total. The smallest absolute Gasteiger partial charge is 0.139 e. The van der Waals surface area contributed by atoms with Crippen molar-refractivity contribution in [2.24, 2.45) is 0 Å². The summed E-state index contributed by atoms with van der Waals surface area (Å²) >= 11 is 0. The van der Waals surface area contributed by atoms with Crippen molar-refractivity contribution in [3.8, 4) is 0 Å². The van der Waals surface area contributed by atoms with Crippen LogP contribution in [0.5, 0.6) is 0 Å². The lowest BCUT2D eigenvalue weighted by Gasteiger charge is -2.35. The first kappa shape index (κ1) is 25.3. The van der Waals surface area contributed by atoms with Crippen LogP contribution >= 0.6 is 0 Å². The Bertz CT molecular complexity index is 849. The number of rotatable bonds is 6. The third-order valence-corrected chi connectivity index (χ3v) is 6.01. The molecule has 1 atom stereocenters. The second kappa shape index (κ2) is 12.2. The van der Waals surface area contributed by atoms with Crippen molar-refractivity contribution in [2.75, 3.05) is 32.7 Å². The lowest BCUT2D eigenvalue weighted by molar-refractivity contribution is -1.03. The molecule has 31 heavy (non-hydrogen) atoms. The summed E-state index contributed by atoms with van der Waals surface area (Å²) in [4.78, 5) is 2.98. The van der Waals surface area contributed by atoms with Gasteiger partial charge in [-0.25, -0.2) is 4.39 Å². The molecule has 0 aromatic heterocycles. The van der Waals surface area contributed by atoms with Gasteiger partial charge in [0.2, 0.25) is 0 Å². The van der Waals surface area contributed by atoms with Gasteiger partial charge in [0.05, 0.1) is 0 Å². The summed E-state index contributed by atoms with van der Waals surface area (Å²) < 4.78 is 13.1. The summed E-state index contributed by atoms with van der Waals surface area (Å²) in [5, 5.41) is 10.5. The highest BCUT2D eigenvalue weighted by atomic mass is 35.5. The van der Waals surface area contributed by atoms with E-state index in [1.807, 2.05) is 0 Å². The van der Waals surface area contributed by atoms with Crippen molar-refractivity contribution in [1.82, 2.24) is 0 Å². The van der Waals surface area contributed by atoms with Crippen LogP contribution in [0.1, 0.15) is 28.8 Å². The van der Waals surface area contributed by atoms with E-state index in [4.69, 9.17) is 0 Å². The van der Waals surface area contributed by atoms with E-state index in [9.17, 15) is 9.50 Å². The molecule has 0 spiro atoms. The minimum Gasteiger partial charge on any atom is -1.00 e. The first-order valence-corrected chi connectivity index (χ1v) is 10.4. The number of halogens is 3. The molecule has 1 heterocycles. The van der Waals surface area contributed by atoms with Crippen molar-refractivity contribution in [3.05, 3.63) is 107 Å². The van der Waals surface area contributed by atoms with Crippen molar-refractivity contribution in [2.45, 2.75) is 12.1 Å². The molecule has 0 radical (unpaired) electrons. The molecule has 3 aromatic carbocycles. The molecule has 0 saturated carbocycles. The number of aliphatic hydroxyl groups excluding tert-OH is 1. The summed E-state index contributed by atoms with van der Waals surface area (Å²) in [6.45, 7) is 4.81. The highest BCUT2D eigenvalue weighted by molar-refractivity contribution is 5.29. The second-order valence-corrected chi connectivity index (χ2v) is 7.93. The quantitative estimate of drug-likeness (QED) is 0.338. The van der Waals surface area contributed by atoms with E-state index >= 15 is 0 Å². The first-order chi connectivity index (χ1) is 14.2. The molecule has 6 heteroatoms. The molecule has 3 N–H and O–H groups in total. The van der Waals surface area contributed by atoms with Gasteiger partial charge in [-0.1, -0.05) is 72.8 Å². The Balaban J connectivity index is 0.00000171. The molecule has 1 aliphatic rings. The van der Waals surface area contributed by atoms with Gasteiger partial charge in [0, 0.05) is 11.1 Å². The van der Waals surface area contributed by atoms with E-state index in [2.05, 4.69) is 60.7 Å². The van der Waals surface area contributed by atoms with Crippen molar-refractivity contribution < 1.29 is 44.1 Å². The zero-order chi connectivity index (χ0) is 20.1. The Morgan fingerprint density at radius 2 is 1.16 bits per heavy atom. The highest BCUT2D eigenvalue weighted by Crippen LogP contribution is 2.19. The van der Waals surface area contributed by atoms with Crippen LogP contribution in [-0.2, 0) is 0 Å². The normalized spacial score (nSPS) is 19.2. The molecular weight excluding hydrogens is 434 g/mol. The minimum absolute atomic E-state index is 0. The maximum Gasteiger partial charge on any atom is 0.139 e. The van der Waals surface area contributed by atoms with Gasteiger partial charge < -0.3 is 39.7 Å². The summed E-state index contributed by atoms with van der Waals surface area (Å²) in [6, 6.07) is 28.0. The standard InChI is InChI=1S/C25H27FN2O.2ClH/c26-23-13-11-20(12-14-23)24(29)19-27-15-17-28(18-16-27)25(21-7-3-1-4-8-21)22-9-5-2-6-10-22;;/h1-14,24-25,29H,15-19H2;2*1H. The van der Waals surface area contributed by atoms with Crippen LogP contribution in [0, 0.1) is 5.82 Å². The first-order valence-electron chi connectivity index (χ1n) is 10.4. The van der Waals surface area contributed by atoms with Gasteiger partial charge in [0.1, 0.15) is 50.7 Å². The average Bonchev–Trinajstić information content (AvgIpc) is 2.77. The maximum atomic E-state index is 13.1. The van der Waals surface area contributed by atoms with Gasteiger partial charge in [0.25, 0.3) is 0 Å². The van der Waals surface area contributed by atoms with Gasteiger partial charge in [-0.2, -0.15) is 0 Å². The van der Waals surface area contributed by atoms with Crippen LogP contribution in [0.3, 0.4) is 0 Å². The van der Waals surface area contributed by atoms with Crippen LogP contribution in [0.15, 0.2) is 84.9 Å². The van der Waals surface area contributed by atoms with Crippen LogP contribution in [0.25, 0.3) is 0 Å². The van der Waals surface area contributed by atoms with Gasteiger partial charge >= 0.3 is 0 Å². The SMILES string of the molecule is OC(C[NH+]1CC[NH+](C(c2ccccc2)c2ccccc2)CC1)c1ccc(F)cc1.[Cl-].[Cl-]. The predicted octanol–water partition coefficient (Wildman–Crippen LogP) is -4.56. The fraction of sp³-hybridized carbons (Fsp3) is 0.280. The van der Waals surface area contributed by atoms with E-state index in [0.29, 0.717) is 12.6 Å². The molecule has 1 aliphatic heterocycles. The van der Waals surface area contributed by atoms with E-state index < -0.39 is 6.10 Å². The summed E-state index contributed by atoms with van der Waals surface area (Å²) in [6.07, 6.45) is -0.550. The molecule has 1 saturated heterocycles. The van der Waals surface area contributed by atoms with Crippen LogP contribution in [0.2, 0.25) is 0 Å². The van der Waals surface area contributed by atoms with Crippen molar-refractivity contribution in [3.63, 3.8) is 0 Å². The topological polar surface area (TPSA) is 29.1 Å². The maximum absolute atomic E-state index is 13.1. The molecule has 0 bridgehead atoms. The summed E-state index contributed by atoms with van der Waals surface area (Å²) in [7, 11) is 0. The molecular formula is C25H29Cl2FN2O. The van der Waals surface area contributed by atoms with Gasteiger partial charge in [-0.05, 0) is 17.7 Å². The molecule has 0 aliphatic carbocycles. The Hall–Kier alpha value is -1.95. The molecule has 1 unspecified atom stereocenters. The van der Waals surface area contributed by atoms with Crippen LogP contribution in [0.4, 0.5) is 4.39 Å². The van der Waals surface area contributed by atoms with E-state index in [1.165, 1.54) is 28.2 Å². The van der Waals surface area contributed by atoms with Crippen molar-refractivity contribution >= 4 is 0 Å². The predicted molar refractivity (Wildman–Crippen MR) is 112 cm³/mol. The Morgan fingerprint density at radius 1 is 0.677 bits per heavy atom. The molecule has 166 valence electrons. The van der Waals surface area contributed by atoms with E-state index in [0.717, 1.165) is 31.7 Å². The van der Waals surface area contributed by atoms with Crippen LogP contribution < -0.4 is 34.6 Å². The summed E-state index contributed by atoms with van der Waals surface area (Å²) in [5.74, 6) is -0.265. The Kier molecular flexibility index (Phi) is 9.94. The third-order valence-electron chi connectivity index (χ3n) is 6.01.